The van der Waals surface area contributed by atoms with Crippen molar-refractivity contribution in [3.05, 3.63) is 23.9 Å². The van der Waals surface area contributed by atoms with Crippen LogP contribution in [0.3, 0.4) is 0 Å². The van der Waals surface area contributed by atoms with Crippen LogP contribution < -0.4 is 15.4 Å². The Morgan fingerprint density at radius 2 is 2.16 bits per heavy atom. The highest BCUT2D eigenvalue weighted by atomic mass is 32.2. The number of pyridine rings is 1. The Morgan fingerprint density at radius 3 is 2.88 bits per heavy atom. The molecule has 0 radical (unpaired) electrons. The van der Waals surface area contributed by atoms with Crippen LogP contribution in [0.2, 0.25) is 0 Å². The minimum absolute atomic E-state index is 0.327. The molecule has 2 unspecified atom stereocenters. The van der Waals surface area contributed by atoms with Crippen molar-refractivity contribution in [3.63, 3.8) is 0 Å². The van der Waals surface area contributed by atoms with Crippen LogP contribution in [-0.4, -0.2) is 41.6 Å². The van der Waals surface area contributed by atoms with Gasteiger partial charge in [0.15, 0.2) is 5.96 Å². The van der Waals surface area contributed by atoms with Gasteiger partial charge < -0.3 is 15.4 Å². The van der Waals surface area contributed by atoms with Gasteiger partial charge in [0.1, 0.15) is 6.10 Å². The normalized spacial score (nSPS) is 24.5. The van der Waals surface area contributed by atoms with Gasteiger partial charge in [0, 0.05) is 36.6 Å². The molecule has 0 saturated heterocycles. The summed E-state index contributed by atoms with van der Waals surface area (Å²) in [6, 6.07) is 4.57. The van der Waals surface area contributed by atoms with E-state index in [9.17, 15) is 0 Å². The van der Waals surface area contributed by atoms with Crippen molar-refractivity contribution in [2.75, 3.05) is 13.3 Å². The van der Waals surface area contributed by atoms with E-state index in [1.807, 2.05) is 31.1 Å². The van der Waals surface area contributed by atoms with Crippen LogP contribution in [0.1, 0.15) is 50.5 Å². The highest BCUT2D eigenvalue weighted by Gasteiger charge is 2.24. The smallest absolute Gasteiger partial charge is 0.218 e. The fraction of sp³-hybridized carbons (Fsp3) is 0.684. The molecule has 2 saturated carbocycles. The Balaban J connectivity index is 1.53. The van der Waals surface area contributed by atoms with Crippen molar-refractivity contribution in [1.29, 1.82) is 0 Å². The monoisotopic (exact) mass is 362 g/mol. The summed E-state index contributed by atoms with van der Waals surface area (Å²) < 4.78 is 6.12. The second-order valence-corrected chi connectivity index (χ2v) is 8.07. The van der Waals surface area contributed by atoms with Gasteiger partial charge in [-0.05, 0) is 57.3 Å². The summed E-state index contributed by atoms with van der Waals surface area (Å²) >= 11 is 1.97. The van der Waals surface area contributed by atoms with Crippen molar-refractivity contribution in [2.45, 2.75) is 68.9 Å². The second kappa shape index (κ2) is 9.32. The maximum atomic E-state index is 6.12. The zero-order valence-electron chi connectivity index (χ0n) is 15.3. The lowest BCUT2D eigenvalue weighted by Gasteiger charge is -2.19. The summed E-state index contributed by atoms with van der Waals surface area (Å²) in [6.07, 6.45) is 12.9. The predicted molar refractivity (Wildman–Crippen MR) is 105 cm³/mol. The molecule has 2 N–H and O–H groups in total. The van der Waals surface area contributed by atoms with Gasteiger partial charge in [-0.1, -0.05) is 6.07 Å². The van der Waals surface area contributed by atoms with Gasteiger partial charge in [-0.15, -0.1) is 0 Å². The van der Waals surface area contributed by atoms with Crippen molar-refractivity contribution >= 4 is 17.7 Å². The number of aromatic nitrogens is 1. The zero-order valence-corrected chi connectivity index (χ0v) is 16.1. The molecule has 2 aliphatic rings. The number of aliphatic imine (C=N–C) groups is 1. The number of hydrogen-bond acceptors (Lipinski definition) is 4. The maximum Gasteiger partial charge on any atom is 0.218 e. The van der Waals surface area contributed by atoms with E-state index in [4.69, 9.17) is 4.74 Å². The molecule has 1 aromatic heterocycles. The Labute approximate surface area is 155 Å². The molecule has 25 heavy (non-hydrogen) atoms. The lowest BCUT2D eigenvalue weighted by molar-refractivity contribution is 0.199. The van der Waals surface area contributed by atoms with Gasteiger partial charge in [0.05, 0.1) is 0 Å². The number of guanidine groups is 1. The molecule has 0 bridgehead atoms. The highest BCUT2D eigenvalue weighted by Crippen LogP contribution is 2.28. The fourth-order valence-electron chi connectivity index (χ4n) is 3.68. The Kier molecular flexibility index (Phi) is 6.84. The van der Waals surface area contributed by atoms with E-state index < -0.39 is 0 Å². The molecular formula is C19H30N4OS. The van der Waals surface area contributed by atoms with E-state index in [1.54, 1.807) is 0 Å². The Morgan fingerprint density at radius 1 is 1.32 bits per heavy atom. The number of hydrogen-bond donors (Lipinski definition) is 2. The largest absolute Gasteiger partial charge is 0.474 e. The highest BCUT2D eigenvalue weighted by molar-refractivity contribution is 7.99. The molecule has 1 heterocycles. The van der Waals surface area contributed by atoms with E-state index in [0.29, 0.717) is 18.7 Å². The van der Waals surface area contributed by atoms with E-state index in [0.717, 1.165) is 35.5 Å². The summed E-state index contributed by atoms with van der Waals surface area (Å²) in [4.78, 5) is 8.82. The first-order chi connectivity index (χ1) is 12.3. The lowest BCUT2D eigenvalue weighted by atomic mass is 10.2. The summed E-state index contributed by atoms with van der Waals surface area (Å²) in [5.74, 6) is 1.63. The first kappa shape index (κ1) is 18.4. The van der Waals surface area contributed by atoms with Gasteiger partial charge in [-0.3, -0.25) is 4.99 Å². The Bertz CT molecular complexity index is 574. The second-order valence-electron chi connectivity index (χ2n) is 6.93. The minimum atomic E-state index is 0.327. The van der Waals surface area contributed by atoms with Crippen molar-refractivity contribution in [2.24, 2.45) is 4.99 Å². The van der Waals surface area contributed by atoms with Gasteiger partial charge >= 0.3 is 0 Å². The number of rotatable bonds is 6. The van der Waals surface area contributed by atoms with Crippen LogP contribution in [-0.2, 0) is 6.54 Å². The molecule has 0 aromatic carbocycles. The predicted octanol–water partition coefficient (Wildman–Crippen LogP) is 3.35. The van der Waals surface area contributed by atoms with Crippen molar-refractivity contribution < 1.29 is 4.74 Å². The summed E-state index contributed by atoms with van der Waals surface area (Å²) in [7, 11) is 1.83. The molecule has 2 aliphatic carbocycles. The van der Waals surface area contributed by atoms with Crippen LogP contribution in [0.15, 0.2) is 23.3 Å². The van der Waals surface area contributed by atoms with Crippen LogP contribution in [0.4, 0.5) is 0 Å². The number of thioether (sulfide) groups is 1. The maximum absolute atomic E-state index is 6.12. The third-order valence-electron chi connectivity index (χ3n) is 5.16. The van der Waals surface area contributed by atoms with Crippen LogP contribution in [0, 0.1) is 0 Å². The van der Waals surface area contributed by atoms with E-state index >= 15 is 0 Å². The van der Waals surface area contributed by atoms with E-state index in [2.05, 4.69) is 32.9 Å². The lowest BCUT2D eigenvalue weighted by Crippen LogP contribution is -2.42. The third-order valence-corrected chi connectivity index (χ3v) is 6.25. The zero-order chi connectivity index (χ0) is 17.5. The fourth-order valence-corrected chi connectivity index (χ4v) is 4.48. The van der Waals surface area contributed by atoms with Crippen LogP contribution in [0.5, 0.6) is 5.88 Å². The molecule has 5 nitrogen and oxygen atoms in total. The van der Waals surface area contributed by atoms with Crippen molar-refractivity contribution in [1.82, 2.24) is 15.6 Å². The molecule has 0 aliphatic heterocycles. The topological polar surface area (TPSA) is 58.5 Å². The first-order valence-corrected chi connectivity index (χ1v) is 10.7. The summed E-state index contributed by atoms with van der Waals surface area (Å²) in [5.41, 5.74) is 1.09. The van der Waals surface area contributed by atoms with Crippen LogP contribution in [0.25, 0.3) is 0 Å². The van der Waals surface area contributed by atoms with E-state index in [-0.39, 0.29) is 0 Å². The van der Waals surface area contributed by atoms with Gasteiger partial charge in [0.2, 0.25) is 5.88 Å². The molecule has 2 fully saturated rings. The average molecular weight is 363 g/mol. The van der Waals surface area contributed by atoms with Gasteiger partial charge in [-0.25, -0.2) is 4.98 Å². The first-order valence-electron chi connectivity index (χ1n) is 9.39. The molecule has 138 valence electrons. The molecule has 2 atom stereocenters. The van der Waals surface area contributed by atoms with Gasteiger partial charge in [0.25, 0.3) is 0 Å². The molecule has 1 aromatic rings. The molecule has 0 amide bonds. The SMILES string of the molecule is CN=C(NCc1cccnc1OC1CCCC1)NC1CCC(SC)C1. The number of ether oxygens (including phenoxy) is 1. The molecule has 6 heteroatoms. The van der Waals surface area contributed by atoms with E-state index in [1.165, 1.54) is 32.1 Å². The summed E-state index contributed by atoms with van der Waals surface area (Å²) in [5, 5.41) is 7.76. The molecule has 3 rings (SSSR count). The molecule has 0 spiro atoms. The summed E-state index contributed by atoms with van der Waals surface area (Å²) in [6.45, 7) is 0.675. The molecular weight excluding hydrogens is 332 g/mol. The average Bonchev–Trinajstić information content (AvgIpc) is 3.31. The standard InChI is InChI=1S/C19H30N4OS/c1-20-19(23-15-9-10-17(12-15)25-2)22-13-14-6-5-11-21-18(14)24-16-7-3-4-8-16/h5-6,11,15-17H,3-4,7-10,12-13H2,1-2H3,(H2,20,22,23). The quantitative estimate of drug-likeness (QED) is 0.600. The number of nitrogens with zero attached hydrogens (tertiary/aromatic N) is 2. The van der Waals surface area contributed by atoms with Gasteiger partial charge in [-0.2, -0.15) is 11.8 Å². The van der Waals surface area contributed by atoms with Crippen LogP contribution >= 0.6 is 11.8 Å². The Hall–Kier alpha value is -1.43. The third kappa shape index (κ3) is 5.27. The van der Waals surface area contributed by atoms with Crippen molar-refractivity contribution in [3.8, 4) is 5.88 Å². The number of nitrogens with one attached hydrogen (secondary N) is 2. The minimum Gasteiger partial charge on any atom is -0.474 e.